The Kier molecular flexibility index (Phi) is 6.34. The second kappa shape index (κ2) is 8.75. The minimum Gasteiger partial charge on any atom is -0.508 e. The van der Waals surface area contributed by atoms with Crippen LogP contribution in [0.5, 0.6) is 5.75 Å². The molecular formula is C21H25N3O4S. The number of phenolic OH excluding ortho intramolecular Hbond substituents is 1. The van der Waals surface area contributed by atoms with Crippen molar-refractivity contribution in [3.8, 4) is 5.75 Å². The zero-order chi connectivity index (χ0) is 21.0. The molecule has 0 spiro atoms. The SMILES string of the molecule is C/C(=N\NC(=O)[C@H]1CCCN(S(=O)(=O)c2ccc(C)cc2)C1)c1ccc(O)cc1. The lowest BCUT2D eigenvalue weighted by molar-refractivity contribution is -0.126. The Bertz CT molecular complexity index is 999. The van der Waals surface area contributed by atoms with Crippen LogP contribution in [0.15, 0.2) is 58.5 Å². The van der Waals surface area contributed by atoms with Crippen LogP contribution in [0.3, 0.4) is 0 Å². The number of rotatable bonds is 5. The number of carbonyl (C=O) groups is 1. The van der Waals surface area contributed by atoms with Gasteiger partial charge in [0.1, 0.15) is 5.75 Å². The molecule has 1 heterocycles. The van der Waals surface area contributed by atoms with E-state index in [2.05, 4.69) is 10.5 Å². The number of piperidine rings is 1. The highest BCUT2D eigenvalue weighted by Crippen LogP contribution is 2.24. The number of amides is 1. The van der Waals surface area contributed by atoms with Crippen molar-refractivity contribution in [3.63, 3.8) is 0 Å². The number of carbonyl (C=O) groups excluding carboxylic acids is 1. The van der Waals surface area contributed by atoms with Gasteiger partial charge in [0.15, 0.2) is 0 Å². The van der Waals surface area contributed by atoms with Gasteiger partial charge in [-0.3, -0.25) is 4.79 Å². The van der Waals surface area contributed by atoms with Gasteiger partial charge in [0.05, 0.1) is 16.5 Å². The van der Waals surface area contributed by atoms with Gasteiger partial charge in [0.2, 0.25) is 15.9 Å². The normalized spacial score (nSPS) is 18.4. The molecule has 3 rings (SSSR count). The van der Waals surface area contributed by atoms with E-state index in [1.165, 1.54) is 4.31 Å². The average Bonchev–Trinajstić information content (AvgIpc) is 2.72. The molecule has 0 unspecified atom stereocenters. The number of nitrogens with zero attached hydrogens (tertiary/aromatic N) is 2. The topological polar surface area (TPSA) is 99.1 Å². The highest BCUT2D eigenvalue weighted by Gasteiger charge is 2.33. The van der Waals surface area contributed by atoms with Gasteiger partial charge >= 0.3 is 0 Å². The number of nitrogens with one attached hydrogen (secondary N) is 1. The monoisotopic (exact) mass is 415 g/mol. The highest BCUT2D eigenvalue weighted by molar-refractivity contribution is 7.89. The first-order valence-corrected chi connectivity index (χ1v) is 10.9. The average molecular weight is 416 g/mol. The molecule has 2 aromatic rings. The van der Waals surface area contributed by atoms with Gasteiger partial charge in [0.25, 0.3) is 0 Å². The van der Waals surface area contributed by atoms with Crippen molar-refractivity contribution in [1.29, 1.82) is 0 Å². The summed E-state index contributed by atoms with van der Waals surface area (Å²) in [6.07, 6.45) is 1.23. The van der Waals surface area contributed by atoms with E-state index in [1.54, 1.807) is 55.5 Å². The number of aryl methyl sites for hydroxylation is 1. The molecular weight excluding hydrogens is 390 g/mol. The van der Waals surface area contributed by atoms with Crippen LogP contribution in [0.4, 0.5) is 0 Å². The maximum atomic E-state index is 12.9. The zero-order valence-electron chi connectivity index (χ0n) is 16.5. The predicted octanol–water partition coefficient (Wildman–Crippen LogP) is 2.64. The molecule has 8 heteroatoms. The molecule has 1 aliphatic rings. The second-order valence-electron chi connectivity index (χ2n) is 7.24. The molecule has 1 saturated heterocycles. The van der Waals surface area contributed by atoms with Crippen molar-refractivity contribution in [2.45, 2.75) is 31.6 Å². The Balaban J connectivity index is 1.66. The molecule has 2 aromatic carbocycles. The number of sulfonamides is 1. The minimum atomic E-state index is -3.63. The summed E-state index contributed by atoms with van der Waals surface area (Å²) in [6, 6.07) is 13.2. The number of phenols is 1. The lowest BCUT2D eigenvalue weighted by Crippen LogP contribution is -2.44. The van der Waals surface area contributed by atoms with Crippen LogP contribution in [0, 0.1) is 12.8 Å². The first-order valence-electron chi connectivity index (χ1n) is 9.48. The fourth-order valence-electron chi connectivity index (χ4n) is 3.23. The van der Waals surface area contributed by atoms with Crippen molar-refractivity contribution in [2.75, 3.05) is 13.1 Å². The largest absolute Gasteiger partial charge is 0.508 e. The molecule has 1 aliphatic heterocycles. The lowest BCUT2D eigenvalue weighted by atomic mass is 9.99. The predicted molar refractivity (Wildman–Crippen MR) is 111 cm³/mol. The maximum Gasteiger partial charge on any atom is 0.244 e. The van der Waals surface area contributed by atoms with Gasteiger partial charge in [0, 0.05) is 13.1 Å². The summed E-state index contributed by atoms with van der Waals surface area (Å²) in [5.74, 6) is -0.602. The second-order valence-corrected chi connectivity index (χ2v) is 9.17. The molecule has 1 atom stereocenters. The number of hydrazone groups is 1. The molecule has 29 heavy (non-hydrogen) atoms. The van der Waals surface area contributed by atoms with Gasteiger partial charge in [-0.1, -0.05) is 17.7 Å². The number of hydrogen-bond acceptors (Lipinski definition) is 5. The quantitative estimate of drug-likeness (QED) is 0.579. The molecule has 1 fully saturated rings. The summed E-state index contributed by atoms with van der Waals surface area (Å²) in [5.41, 5.74) is 4.91. The standard InChI is InChI=1S/C21H25N3O4S/c1-15-5-11-20(12-6-15)29(27,28)24-13-3-4-18(14-24)21(26)23-22-16(2)17-7-9-19(25)10-8-17/h5-12,18,25H,3-4,13-14H2,1-2H3,(H,23,26)/b22-16+/t18-/m0/s1. The van der Waals surface area contributed by atoms with Crippen LogP contribution in [0.25, 0.3) is 0 Å². The van der Waals surface area contributed by atoms with Gasteiger partial charge in [-0.15, -0.1) is 0 Å². The summed E-state index contributed by atoms with van der Waals surface area (Å²) >= 11 is 0. The molecule has 0 aromatic heterocycles. The summed E-state index contributed by atoms with van der Waals surface area (Å²) < 4.78 is 27.2. The van der Waals surface area contributed by atoms with Gasteiger partial charge in [-0.05, 0) is 68.7 Å². The first-order chi connectivity index (χ1) is 13.8. The highest BCUT2D eigenvalue weighted by atomic mass is 32.2. The van der Waals surface area contributed by atoms with Crippen LogP contribution in [0.2, 0.25) is 0 Å². The van der Waals surface area contributed by atoms with Crippen LogP contribution in [0.1, 0.15) is 30.9 Å². The number of aromatic hydroxyl groups is 1. The molecule has 154 valence electrons. The molecule has 7 nitrogen and oxygen atoms in total. The van der Waals surface area contributed by atoms with Crippen LogP contribution >= 0.6 is 0 Å². The third kappa shape index (κ3) is 5.02. The summed E-state index contributed by atoms with van der Waals surface area (Å²) in [6.45, 7) is 4.19. The third-order valence-corrected chi connectivity index (χ3v) is 6.91. The van der Waals surface area contributed by atoms with Gasteiger partial charge in [-0.25, -0.2) is 13.8 Å². The molecule has 0 saturated carbocycles. The first kappa shape index (κ1) is 21.0. The number of hydrogen-bond donors (Lipinski definition) is 2. The van der Waals surface area contributed by atoms with Crippen LogP contribution in [-0.4, -0.2) is 42.5 Å². The van der Waals surface area contributed by atoms with E-state index in [4.69, 9.17) is 0 Å². The van der Waals surface area contributed by atoms with E-state index in [1.807, 2.05) is 6.92 Å². The molecule has 0 bridgehead atoms. The summed E-state index contributed by atoms with van der Waals surface area (Å²) in [5, 5.41) is 13.5. The Morgan fingerprint density at radius 2 is 1.79 bits per heavy atom. The Morgan fingerprint density at radius 1 is 1.14 bits per heavy atom. The minimum absolute atomic E-state index is 0.135. The maximum absolute atomic E-state index is 12.9. The zero-order valence-corrected chi connectivity index (χ0v) is 17.3. The summed E-state index contributed by atoms with van der Waals surface area (Å²) in [7, 11) is -3.63. The van der Waals surface area contributed by atoms with E-state index >= 15 is 0 Å². The van der Waals surface area contributed by atoms with E-state index in [-0.39, 0.29) is 23.1 Å². The fraction of sp³-hybridized carbons (Fsp3) is 0.333. The number of benzene rings is 2. The van der Waals surface area contributed by atoms with E-state index < -0.39 is 15.9 Å². The van der Waals surface area contributed by atoms with Crippen molar-refractivity contribution in [1.82, 2.24) is 9.73 Å². The Labute approximate surface area is 171 Å². The van der Waals surface area contributed by atoms with Crippen molar-refractivity contribution < 1.29 is 18.3 Å². The van der Waals surface area contributed by atoms with Crippen LogP contribution < -0.4 is 5.43 Å². The summed E-state index contributed by atoms with van der Waals surface area (Å²) in [4.78, 5) is 12.8. The lowest BCUT2D eigenvalue weighted by Gasteiger charge is -2.30. The van der Waals surface area contributed by atoms with E-state index in [0.717, 1.165) is 11.1 Å². The third-order valence-electron chi connectivity index (χ3n) is 5.03. The van der Waals surface area contributed by atoms with E-state index in [0.29, 0.717) is 25.1 Å². The fourth-order valence-corrected chi connectivity index (χ4v) is 4.76. The Morgan fingerprint density at radius 3 is 2.45 bits per heavy atom. The van der Waals surface area contributed by atoms with Crippen LogP contribution in [-0.2, 0) is 14.8 Å². The molecule has 2 N–H and O–H groups in total. The van der Waals surface area contributed by atoms with Crippen molar-refractivity contribution >= 4 is 21.6 Å². The molecule has 0 aliphatic carbocycles. The molecule has 0 radical (unpaired) electrons. The van der Waals surface area contributed by atoms with Gasteiger partial charge < -0.3 is 5.11 Å². The smallest absolute Gasteiger partial charge is 0.244 e. The Hall–Kier alpha value is -2.71. The van der Waals surface area contributed by atoms with Crippen molar-refractivity contribution in [2.24, 2.45) is 11.0 Å². The van der Waals surface area contributed by atoms with E-state index in [9.17, 15) is 18.3 Å². The van der Waals surface area contributed by atoms with Gasteiger partial charge in [-0.2, -0.15) is 9.41 Å². The molecule has 1 amide bonds. The van der Waals surface area contributed by atoms with Crippen molar-refractivity contribution in [3.05, 3.63) is 59.7 Å².